The summed E-state index contributed by atoms with van der Waals surface area (Å²) in [6, 6.07) is 0. The second-order valence-corrected chi connectivity index (χ2v) is 9.09. The van der Waals surface area contributed by atoms with E-state index in [0.29, 0.717) is 4.48 Å². The molecular weight excluding hydrogens is 393 g/mol. The summed E-state index contributed by atoms with van der Waals surface area (Å²) in [4.78, 5) is 0. The van der Waals surface area contributed by atoms with E-state index in [4.69, 9.17) is 15.1 Å². The average molecular weight is 448 g/mol. The number of hydrogen-bond donors (Lipinski definition) is 4. The van der Waals surface area contributed by atoms with Crippen LogP contribution in [0.4, 0.5) is 0 Å². The number of hydrogen-bond acceptors (Lipinski definition) is 5. The molecule has 0 bridgehead atoms. The van der Waals surface area contributed by atoms with Crippen LogP contribution in [0.3, 0.4) is 0 Å². The lowest BCUT2D eigenvalue weighted by Gasteiger charge is -2.43. The number of aliphatic hydroxyl groups excluding tert-OH is 2. The highest BCUT2D eigenvalue weighted by Gasteiger charge is 2.36. The molecule has 0 saturated heterocycles. The van der Waals surface area contributed by atoms with Gasteiger partial charge in [-0.05, 0) is 25.7 Å². The molecule has 0 heterocycles. The summed E-state index contributed by atoms with van der Waals surface area (Å²) < 4.78 is 0.464. The number of aliphatic hydroxyl groups is 2. The summed E-state index contributed by atoms with van der Waals surface area (Å²) in [5.74, 6) is 0. The summed E-state index contributed by atoms with van der Waals surface area (Å²) in [6.45, 7) is 10.1. The lowest BCUT2D eigenvalue weighted by atomic mass is 10.1. The molecule has 31 heavy (non-hydrogen) atoms. The monoisotopic (exact) mass is 447 g/mol. The molecule has 0 rings (SSSR count). The van der Waals surface area contributed by atoms with Crippen molar-refractivity contribution in [2.75, 3.05) is 13.1 Å². The normalized spacial score (nSPS) is 13.5. The zero-order valence-corrected chi connectivity index (χ0v) is 21.1. The molecule has 6 nitrogen and oxygen atoms in total. The Balaban J connectivity index is 0. The van der Waals surface area contributed by atoms with Crippen molar-refractivity contribution in [3.63, 3.8) is 0 Å². The molecule has 0 aliphatic carbocycles. The van der Waals surface area contributed by atoms with Crippen LogP contribution in [0, 0.1) is 0 Å². The molecule has 0 radical (unpaired) electrons. The lowest BCUT2D eigenvalue weighted by Crippen LogP contribution is -2.60. The van der Waals surface area contributed by atoms with Gasteiger partial charge in [0.2, 0.25) is 0 Å². The van der Waals surface area contributed by atoms with Crippen molar-refractivity contribution in [1.82, 2.24) is 0 Å². The third-order valence-corrected chi connectivity index (χ3v) is 6.34. The van der Waals surface area contributed by atoms with E-state index in [1.54, 1.807) is 0 Å². The molecule has 0 aromatic rings. The van der Waals surface area contributed by atoms with Crippen LogP contribution < -0.4 is 5.02 Å². The van der Waals surface area contributed by atoms with Crippen molar-refractivity contribution < 1.29 is 29.8 Å². The summed E-state index contributed by atoms with van der Waals surface area (Å²) in [5.41, 5.74) is 0. The lowest BCUT2D eigenvalue weighted by molar-refractivity contribution is -1.01. The highest BCUT2D eigenvalue weighted by Crippen LogP contribution is 2.22. The largest absolute Gasteiger partial charge is 0.832 e. The van der Waals surface area contributed by atoms with Crippen molar-refractivity contribution in [3.8, 4) is 0 Å². The van der Waals surface area contributed by atoms with Crippen molar-refractivity contribution in [3.05, 3.63) is 0 Å². The Morgan fingerprint density at radius 1 is 0.581 bits per heavy atom. The molecule has 0 aromatic carbocycles. The van der Waals surface area contributed by atoms with Gasteiger partial charge in [-0.15, -0.1) is 0 Å². The first kappa shape index (κ1) is 33.0. The van der Waals surface area contributed by atoms with E-state index in [1.807, 2.05) is 13.8 Å². The third-order valence-electron chi connectivity index (χ3n) is 6.34. The molecule has 0 aliphatic heterocycles. The minimum absolute atomic E-state index is 0.464. The first-order chi connectivity index (χ1) is 14.7. The third kappa shape index (κ3) is 20.2. The first-order valence-electron chi connectivity index (χ1n) is 13.0. The van der Waals surface area contributed by atoms with Crippen molar-refractivity contribution in [2.45, 2.75) is 143 Å². The molecule has 0 amide bonds. The fourth-order valence-electron chi connectivity index (χ4n) is 4.25. The number of unbranched alkanes of at least 4 members (excludes halogenated alkanes) is 14. The molecule has 0 aliphatic rings. The Morgan fingerprint density at radius 2 is 0.806 bits per heavy atom. The zero-order chi connectivity index (χ0) is 24.0. The van der Waals surface area contributed by atoms with E-state index in [2.05, 4.69) is 13.8 Å². The standard InChI is InChI=1S/C24H52NO2.BH2O3/c1-5-7-9-11-13-15-17-19-21-25(23(3)26,24(4)27)22-20-18-16-14-12-10-8-6-2;2-1(3)4/h23-24,26-27H,5-22H2,1-4H3;2-3H/q+1;-1. The zero-order valence-electron chi connectivity index (χ0n) is 21.1. The Hall–Kier alpha value is -0.175. The SMILES string of the molecule is CCCCCCCCCC[N+](CCCCCCCCCC)(C(C)O)C(C)O.[O-]B(O)O. The van der Waals surface area contributed by atoms with E-state index < -0.39 is 19.8 Å². The van der Waals surface area contributed by atoms with Crippen molar-refractivity contribution >= 4 is 7.32 Å². The molecule has 7 heteroatoms. The fraction of sp³-hybridized carbons (Fsp3) is 1.00. The molecule has 188 valence electrons. The van der Waals surface area contributed by atoms with Crippen LogP contribution >= 0.6 is 0 Å². The maximum Gasteiger partial charge on any atom is 0.339 e. The summed E-state index contributed by atoms with van der Waals surface area (Å²) in [6.07, 6.45) is 19.8. The molecule has 2 atom stereocenters. The van der Waals surface area contributed by atoms with Gasteiger partial charge in [0.15, 0.2) is 12.5 Å². The minimum atomic E-state index is -2.42. The highest BCUT2D eigenvalue weighted by atomic mass is 16.5. The highest BCUT2D eigenvalue weighted by molar-refractivity contribution is 6.28. The van der Waals surface area contributed by atoms with E-state index in [1.165, 1.54) is 89.9 Å². The van der Waals surface area contributed by atoms with Gasteiger partial charge in [0, 0.05) is 13.8 Å². The predicted octanol–water partition coefficient (Wildman–Crippen LogP) is 4.08. The second kappa shape index (κ2) is 23.0. The van der Waals surface area contributed by atoms with Crippen LogP contribution in [0.15, 0.2) is 0 Å². The van der Waals surface area contributed by atoms with E-state index in [-0.39, 0.29) is 0 Å². The Morgan fingerprint density at radius 3 is 1.03 bits per heavy atom. The van der Waals surface area contributed by atoms with Crippen LogP contribution in [-0.4, -0.2) is 57.6 Å². The molecule has 2 unspecified atom stereocenters. The molecule has 4 N–H and O–H groups in total. The van der Waals surface area contributed by atoms with Crippen LogP contribution in [0.2, 0.25) is 0 Å². The number of rotatable bonds is 20. The Kier molecular flexibility index (Phi) is 24.5. The minimum Gasteiger partial charge on any atom is -0.832 e. The van der Waals surface area contributed by atoms with Crippen LogP contribution in [0.5, 0.6) is 0 Å². The van der Waals surface area contributed by atoms with Gasteiger partial charge >= 0.3 is 7.32 Å². The first-order valence-corrected chi connectivity index (χ1v) is 13.0. The van der Waals surface area contributed by atoms with Gasteiger partial charge in [-0.3, -0.25) is 4.48 Å². The van der Waals surface area contributed by atoms with Crippen molar-refractivity contribution in [2.24, 2.45) is 0 Å². The van der Waals surface area contributed by atoms with Crippen molar-refractivity contribution in [1.29, 1.82) is 0 Å². The Labute approximate surface area is 193 Å². The van der Waals surface area contributed by atoms with Gasteiger partial charge in [0.1, 0.15) is 0 Å². The van der Waals surface area contributed by atoms with Gasteiger partial charge in [0.25, 0.3) is 0 Å². The van der Waals surface area contributed by atoms with Gasteiger partial charge < -0.3 is 25.3 Å². The maximum absolute atomic E-state index is 10.4. The topological polar surface area (TPSA) is 104 Å². The fourth-order valence-corrected chi connectivity index (χ4v) is 4.25. The number of nitrogens with zero attached hydrogens (tertiary/aromatic N) is 1. The maximum atomic E-state index is 10.4. The van der Waals surface area contributed by atoms with Crippen LogP contribution in [0.25, 0.3) is 0 Å². The number of quaternary nitrogens is 1. The van der Waals surface area contributed by atoms with E-state index in [0.717, 1.165) is 25.9 Å². The molecule has 0 saturated carbocycles. The van der Waals surface area contributed by atoms with E-state index in [9.17, 15) is 10.2 Å². The quantitative estimate of drug-likeness (QED) is 0.0975. The smallest absolute Gasteiger partial charge is 0.339 e. The van der Waals surface area contributed by atoms with Crippen LogP contribution in [-0.2, 0) is 0 Å². The second-order valence-electron chi connectivity index (χ2n) is 9.09. The summed E-state index contributed by atoms with van der Waals surface area (Å²) >= 11 is 0. The predicted molar refractivity (Wildman–Crippen MR) is 129 cm³/mol. The average Bonchev–Trinajstić information content (AvgIpc) is 2.69. The summed E-state index contributed by atoms with van der Waals surface area (Å²) in [5, 5.41) is 43.6. The molecular formula is C24H54BNO5. The molecule has 0 fully saturated rings. The summed E-state index contributed by atoms with van der Waals surface area (Å²) in [7, 11) is -2.42. The van der Waals surface area contributed by atoms with Gasteiger partial charge in [-0.2, -0.15) is 0 Å². The molecule has 0 aromatic heterocycles. The van der Waals surface area contributed by atoms with Gasteiger partial charge in [-0.1, -0.05) is 90.9 Å². The van der Waals surface area contributed by atoms with Gasteiger partial charge in [-0.25, -0.2) is 0 Å². The Bertz CT molecular complexity index is 324. The van der Waals surface area contributed by atoms with Gasteiger partial charge in [0.05, 0.1) is 13.1 Å². The molecule has 0 spiro atoms. The van der Waals surface area contributed by atoms with E-state index >= 15 is 0 Å². The van der Waals surface area contributed by atoms with Crippen LogP contribution in [0.1, 0.15) is 130 Å².